The van der Waals surface area contributed by atoms with E-state index in [1.54, 1.807) is 0 Å². The second kappa shape index (κ2) is 4.86. The Labute approximate surface area is 90.8 Å². The van der Waals surface area contributed by atoms with Crippen molar-refractivity contribution in [2.45, 2.75) is 50.0 Å². The molecule has 1 heterocycles. The number of rotatable bonds is 3. The Kier molecular flexibility index (Phi) is 3.74. The van der Waals surface area contributed by atoms with E-state index in [0.29, 0.717) is 0 Å². The van der Waals surface area contributed by atoms with Crippen LogP contribution < -0.4 is 5.32 Å². The standard InChI is InChI=1S/C11H21NOS/c1-8-4-10(7-14-8)12-6-9-2-3-11(13)5-9/h8-13H,2-7H2,1H3. The van der Waals surface area contributed by atoms with Crippen LogP contribution in [0.25, 0.3) is 0 Å². The van der Waals surface area contributed by atoms with Crippen molar-refractivity contribution in [1.82, 2.24) is 5.32 Å². The van der Waals surface area contributed by atoms with Gasteiger partial charge in [0, 0.05) is 17.0 Å². The highest BCUT2D eigenvalue weighted by molar-refractivity contribution is 8.00. The summed E-state index contributed by atoms with van der Waals surface area (Å²) in [6, 6.07) is 0.729. The van der Waals surface area contributed by atoms with Crippen LogP contribution in [-0.4, -0.2) is 34.8 Å². The van der Waals surface area contributed by atoms with Gasteiger partial charge < -0.3 is 10.4 Å². The van der Waals surface area contributed by atoms with Gasteiger partial charge in [0.2, 0.25) is 0 Å². The summed E-state index contributed by atoms with van der Waals surface area (Å²) in [6.07, 6.45) is 4.55. The molecule has 0 bridgehead atoms. The number of thioether (sulfide) groups is 1. The molecule has 4 unspecified atom stereocenters. The van der Waals surface area contributed by atoms with E-state index < -0.39 is 0 Å². The molecule has 0 spiro atoms. The van der Waals surface area contributed by atoms with Crippen LogP contribution in [0.4, 0.5) is 0 Å². The molecule has 82 valence electrons. The zero-order valence-electron chi connectivity index (χ0n) is 8.91. The van der Waals surface area contributed by atoms with Crippen molar-refractivity contribution in [3.05, 3.63) is 0 Å². The van der Waals surface area contributed by atoms with E-state index in [4.69, 9.17) is 0 Å². The van der Waals surface area contributed by atoms with Gasteiger partial charge in [0.05, 0.1) is 6.10 Å². The number of nitrogens with one attached hydrogen (secondary N) is 1. The summed E-state index contributed by atoms with van der Waals surface area (Å²) >= 11 is 2.08. The normalized spacial score (nSPS) is 43.3. The third-order valence-electron chi connectivity index (χ3n) is 3.41. The van der Waals surface area contributed by atoms with Gasteiger partial charge in [-0.05, 0) is 38.1 Å². The Morgan fingerprint density at radius 1 is 1.36 bits per heavy atom. The van der Waals surface area contributed by atoms with Crippen molar-refractivity contribution >= 4 is 11.8 Å². The summed E-state index contributed by atoms with van der Waals surface area (Å²) < 4.78 is 0. The Balaban J connectivity index is 1.63. The molecule has 2 rings (SSSR count). The first kappa shape index (κ1) is 10.8. The molecule has 0 aromatic heterocycles. The molecule has 0 amide bonds. The van der Waals surface area contributed by atoms with Crippen LogP contribution in [0.5, 0.6) is 0 Å². The van der Waals surface area contributed by atoms with Crippen LogP contribution in [0, 0.1) is 5.92 Å². The highest BCUT2D eigenvalue weighted by atomic mass is 32.2. The van der Waals surface area contributed by atoms with Gasteiger partial charge in [-0.1, -0.05) is 6.92 Å². The molecule has 0 radical (unpaired) electrons. The van der Waals surface area contributed by atoms with Crippen molar-refractivity contribution in [2.75, 3.05) is 12.3 Å². The third-order valence-corrected chi connectivity index (χ3v) is 4.76. The molecule has 2 N–H and O–H groups in total. The lowest BCUT2D eigenvalue weighted by Crippen LogP contribution is -2.33. The number of hydrogen-bond acceptors (Lipinski definition) is 3. The number of aliphatic hydroxyl groups excluding tert-OH is 1. The van der Waals surface area contributed by atoms with E-state index in [1.165, 1.54) is 18.6 Å². The topological polar surface area (TPSA) is 32.3 Å². The molecule has 2 aliphatic rings. The molecule has 0 aromatic rings. The monoisotopic (exact) mass is 215 g/mol. The zero-order chi connectivity index (χ0) is 9.97. The highest BCUT2D eigenvalue weighted by Gasteiger charge is 2.25. The summed E-state index contributed by atoms with van der Waals surface area (Å²) in [6.45, 7) is 3.43. The molecule has 4 atom stereocenters. The molecule has 3 heteroatoms. The van der Waals surface area contributed by atoms with Crippen molar-refractivity contribution in [3.8, 4) is 0 Å². The van der Waals surface area contributed by atoms with Crippen LogP contribution in [-0.2, 0) is 0 Å². The molecule has 1 saturated heterocycles. The summed E-state index contributed by atoms with van der Waals surface area (Å²) in [4.78, 5) is 0. The maximum atomic E-state index is 9.40. The summed E-state index contributed by atoms with van der Waals surface area (Å²) in [7, 11) is 0. The van der Waals surface area contributed by atoms with Crippen molar-refractivity contribution in [1.29, 1.82) is 0 Å². The van der Waals surface area contributed by atoms with Gasteiger partial charge in [0.1, 0.15) is 0 Å². The van der Waals surface area contributed by atoms with Crippen LogP contribution in [0.15, 0.2) is 0 Å². The summed E-state index contributed by atoms with van der Waals surface area (Å²) in [5.41, 5.74) is 0. The van der Waals surface area contributed by atoms with Crippen LogP contribution >= 0.6 is 11.8 Å². The van der Waals surface area contributed by atoms with E-state index >= 15 is 0 Å². The lowest BCUT2D eigenvalue weighted by molar-refractivity contribution is 0.177. The molecule has 2 nitrogen and oxygen atoms in total. The second-order valence-electron chi connectivity index (χ2n) is 4.82. The highest BCUT2D eigenvalue weighted by Crippen LogP contribution is 2.28. The average Bonchev–Trinajstić information content (AvgIpc) is 2.72. The fourth-order valence-corrected chi connectivity index (χ4v) is 3.71. The van der Waals surface area contributed by atoms with Crippen molar-refractivity contribution in [2.24, 2.45) is 5.92 Å². The van der Waals surface area contributed by atoms with Crippen LogP contribution in [0.3, 0.4) is 0 Å². The van der Waals surface area contributed by atoms with E-state index in [1.807, 2.05) is 0 Å². The van der Waals surface area contributed by atoms with E-state index in [-0.39, 0.29) is 6.10 Å². The quantitative estimate of drug-likeness (QED) is 0.750. The predicted molar refractivity (Wildman–Crippen MR) is 61.7 cm³/mol. The summed E-state index contributed by atoms with van der Waals surface area (Å²) in [5.74, 6) is 2.00. The maximum Gasteiger partial charge on any atom is 0.0543 e. The third kappa shape index (κ3) is 2.88. The van der Waals surface area contributed by atoms with Gasteiger partial charge in [0.15, 0.2) is 0 Å². The maximum absolute atomic E-state index is 9.40. The first-order chi connectivity index (χ1) is 6.74. The zero-order valence-corrected chi connectivity index (χ0v) is 9.72. The average molecular weight is 215 g/mol. The molecular formula is C11H21NOS. The van der Waals surface area contributed by atoms with Crippen LogP contribution in [0.1, 0.15) is 32.6 Å². The summed E-state index contributed by atoms with van der Waals surface area (Å²) in [5, 5.41) is 13.9. The van der Waals surface area contributed by atoms with Crippen LogP contribution in [0.2, 0.25) is 0 Å². The van der Waals surface area contributed by atoms with Gasteiger partial charge in [-0.15, -0.1) is 0 Å². The van der Waals surface area contributed by atoms with E-state index in [0.717, 1.165) is 36.6 Å². The van der Waals surface area contributed by atoms with Gasteiger partial charge in [-0.3, -0.25) is 0 Å². The first-order valence-electron chi connectivity index (χ1n) is 5.77. The predicted octanol–water partition coefficient (Wildman–Crippen LogP) is 1.63. The molecule has 14 heavy (non-hydrogen) atoms. The Hall–Kier alpha value is 0.270. The van der Waals surface area contributed by atoms with Gasteiger partial charge in [0.25, 0.3) is 0 Å². The Bertz CT molecular complexity index is 168. The lowest BCUT2D eigenvalue weighted by Gasteiger charge is -2.15. The fourth-order valence-electron chi connectivity index (χ4n) is 2.53. The van der Waals surface area contributed by atoms with Gasteiger partial charge in [-0.2, -0.15) is 11.8 Å². The van der Waals surface area contributed by atoms with Crippen molar-refractivity contribution < 1.29 is 5.11 Å². The largest absolute Gasteiger partial charge is 0.393 e. The van der Waals surface area contributed by atoms with E-state index in [2.05, 4.69) is 24.0 Å². The first-order valence-corrected chi connectivity index (χ1v) is 6.82. The molecular weight excluding hydrogens is 194 g/mol. The minimum absolute atomic E-state index is 0.0151. The minimum atomic E-state index is -0.0151. The molecule has 0 aromatic carbocycles. The number of aliphatic hydroxyl groups is 1. The SMILES string of the molecule is CC1CC(NCC2CCC(O)C2)CS1. The van der Waals surface area contributed by atoms with Gasteiger partial charge in [-0.25, -0.2) is 0 Å². The lowest BCUT2D eigenvalue weighted by atomic mass is 10.1. The molecule has 1 aliphatic heterocycles. The van der Waals surface area contributed by atoms with E-state index in [9.17, 15) is 5.11 Å². The molecule has 1 aliphatic carbocycles. The number of hydrogen-bond donors (Lipinski definition) is 2. The second-order valence-corrected chi connectivity index (χ2v) is 6.29. The molecule has 1 saturated carbocycles. The Morgan fingerprint density at radius 3 is 2.79 bits per heavy atom. The Morgan fingerprint density at radius 2 is 2.21 bits per heavy atom. The van der Waals surface area contributed by atoms with Crippen molar-refractivity contribution in [3.63, 3.8) is 0 Å². The minimum Gasteiger partial charge on any atom is -0.393 e. The van der Waals surface area contributed by atoms with Gasteiger partial charge >= 0.3 is 0 Å². The molecule has 2 fully saturated rings. The smallest absolute Gasteiger partial charge is 0.0543 e. The fraction of sp³-hybridized carbons (Fsp3) is 1.00.